The second kappa shape index (κ2) is 11.5. The maximum absolute atomic E-state index is 14.1. The van der Waals surface area contributed by atoms with Crippen molar-refractivity contribution in [3.8, 4) is 23.1 Å². The van der Waals surface area contributed by atoms with E-state index in [0.717, 1.165) is 17.6 Å². The number of aromatic nitrogens is 1. The maximum atomic E-state index is 14.1. The van der Waals surface area contributed by atoms with E-state index in [9.17, 15) is 14.0 Å². The monoisotopic (exact) mass is 470 g/mol. The van der Waals surface area contributed by atoms with Gasteiger partial charge in [-0.25, -0.2) is 14.2 Å². The summed E-state index contributed by atoms with van der Waals surface area (Å²) in [5, 5.41) is 11.4. The van der Waals surface area contributed by atoms with Crippen molar-refractivity contribution in [2.75, 3.05) is 13.9 Å². The molecule has 4 rings (SSSR count). The molecule has 10 heteroatoms. The van der Waals surface area contributed by atoms with Crippen LogP contribution in [0.1, 0.15) is 22.8 Å². The number of hydrogen-bond donors (Lipinski definition) is 2. The van der Waals surface area contributed by atoms with Crippen LogP contribution in [0, 0.1) is 5.82 Å². The number of carboxylic acids is 1. The molecular weight excluding hydrogens is 447 g/mol. The highest BCUT2D eigenvalue weighted by Gasteiger charge is 2.16. The van der Waals surface area contributed by atoms with Crippen LogP contribution in [0.25, 0.3) is 0 Å². The lowest BCUT2D eigenvalue weighted by Crippen LogP contribution is -2.24. The molecule has 0 aliphatic carbocycles. The lowest BCUT2D eigenvalue weighted by Gasteiger charge is -2.12. The molecule has 2 N–H and O–H groups in total. The fourth-order valence-electron chi connectivity index (χ4n) is 2.84. The number of carbonyl (C=O) groups is 2. The Labute approximate surface area is 195 Å². The number of hydrogen-bond acceptors (Lipinski definition) is 7. The first-order chi connectivity index (χ1) is 16.4. The molecule has 3 aromatic rings. The fourth-order valence-corrected chi connectivity index (χ4v) is 2.84. The minimum absolute atomic E-state index is 0.0581. The Kier molecular flexibility index (Phi) is 8.22. The molecule has 1 aliphatic heterocycles. The molecule has 2 heterocycles. The summed E-state index contributed by atoms with van der Waals surface area (Å²) < 4.78 is 34.3. The number of aliphatic carboxylic acids is 1. The molecule has 1 atom stereocenters. The minimum atomic E-state index is -1.15. The first kappa shape index (κ1) is 24.3. The summed E-state index contributed by atoms with van der Waals surface area (Å²) in [6.07, 6.45) is 0.398. The van der Waals surface area contributed by atoms with Crippen LogP contribution in [0.15, 0.2) is 60.8 Å². The zero-order valence-corrected chi connectivity index (χ0v) is 18.5. The van der Waals surface area contributed by atoms with Crippen LogP contribution in [0.4, 0.5) is 4.39 Å². The first-order valence-corrected chi connectivity index (χ1v) is 10.2. The predicted octanol–water partition coefficient (Wildman–Crippen LogP) is 3.43. The van der Waals surface area contributed by atoms with Crippen molar-refractivity contribution in [1.29, 1.82) is 0 Å². The summed E-state index contributed by atoms with van der Waals surface area (Å²) in [6.45, 7) is 1.65. The minimum Gasteiger partial charge on any atom is -0.480 e. The number of halogens is 1. The average Bonchev–Trinajstić information content (AvgIpc) is 3.32. The van der Waals surface area contributed by atoms with Gasteiger partial charge in [0.05, 0.1) is 7.11 Å². The normalized spacial score (nSPS) is 12.1. The Morgan fingerprint density at radius 3 is 2.47 bits per heavy atom. The number of ether oxygens (including phenoxy) is 4. The summed E-state index contributed by atoms with van der Waals surface area (Å²) in [7, 11) is 1.40. The highest BCUT2D eigenvalue weighted by Crippen LogP contribution is 2.30. The molecule has 0 radical (unpaired) electrons. The highest BCUT2D eigenvalue weighted by molar-refractivity contribution is 5.96. The molecule has 34 heavy (non-hydrogen) atoms. The first-order valence-electron chi connectivity index (χ1n) is 10.2. The SMILES string of the molecule is COc1ncccc1C(=O)NCc1ccc(OC(C)C(=O)O)cc1F.c1ccc2c(c1)OCO2. The van der Waals surface area contributed by atoms with Crippen LogP contribution in [-0.2, 0) is 11.3 Å². The van der Waals surface area contributed by atoms with Gasteiger partial charge in [-0.1, -0.05) is 18.2 Å². The van der Waals surface area contributed by atoms with Crippen LogP contribution in [0.3, 0.4) is 0 Å². The van der Waals surface area contributed by atoms with E-state index in [1.807, 2.05) is 24.3 Å². The van der Waals surface area contributed by atoms with Gasteiger partial charge < -0.3 is 29.4 Å². The molecule has 2 aromatic carbocycles. The molecular formula is C24H23FN2O7. The van der Waals surface area contributed by atoms with Crippen molar-refractivity contribution in [2.45, 2.75) is 19.6 Å². The second-order valence-corrected chi connectivity index (χ2v) is 6.95. The number of benzene rings is 2. The van der Waals surface area contributed by atoms with Crippen LogP contribution < -0.4 is 24.3 Å². The van der Waals surface area contributed by atoms with E-state index in [1.54, 1.807) is 12.1 Å². The van der Waals surface area contributed by atoms with Gasteiger partial charge in [0, 0.05) is 24.4 Å². The van der Waals surface area contributed by atoms with Gasteiger partial charge >= 0.3 is 5.97 Å². The number of nitrogens with one attached hydrogen (secondary N) is 1. The zero-order chi connectivity index (χ0) is 24.5. The van der Waals surface area contributed by atoms with Crippen LogP contribution in [0.5, 0.6) is 23.1 Å². The summed E-state index contributed by atoms with van der Waals surface area (Å²) >= 11 is 0. The Morgan fingerprint density at radius 1 is 1.15 bits per heavy atom. The van der Waals surface area contributed by atoms with Crippen LogP contribution in [0.2, 0.25) is 0 Å². The van der Waals surface area contributed by atoms with E-state index >= 15 is 0 Å². The van der Waals surface area contributed by atoms with Gasteiger partial charge in [0.15, 0.2) is 17.6 Å². The highest BCUT2D eigenvalue weighted by atomic mass is 19.1. The Balaban J connectivity index is 0.000000296. The summed E-state index contributed by atoms with van der Waals surface area (Å²) in [5.41, 5.74) is 0.465. The number of fused-ring (bicyclic) bond motifs is 1. The van der Waals surface area contributed by atoms with Gasteiger partial charge in [-0.2, -0.15) is 0 Å². The third kappa shape index (κ3) is 6.35. The lowest BCUT2D eigenvalue weighted by molar-refractivity contribution is -0.144. The second-order valence-electron chi connectivity index (χ2n) is 6.95. The van der Waals surface area contributed by atoms with Crippen molar-refractivity contribution in [1.82, 2.24) is 10.3 Å². The molecule has 0 bridgehead atoms. The van der Waals surface area contributed by atoms with Crippen molar-refractivity contribution >= 4 is 11.9 Å². The Hall–Kier alpha value is -4.34. The molecule has 0 saturated heterocycles. The number of amides is 1. The van der Waals surface area contributed by atoms with E-state index < -0.39 is 23.8 Å². The van der Waals surface area contributed by atoms with E-state index in [1.165, 1.54) is 32.4 Å². The number of methoxy groups -OCH3 is 1. The Morgan fingerprint density at radius 2 is 1.85 bits per heavy atom. The van der Waals surface area contributed by atoms with Crippen molar-refractivity contribution < 1.29 is 38.0 Å². The van der Waals surface area contributed by atoms with Crippen LogP contribution >= 0.6 is 0 Å². The molecule has 0 spiro atoms. The molecule has 0 saturated carbocycles. The quantitative estimate of drug-likeness (QED) is 0.540. The van der Waals surface area contributed by atoms with Gasteiger partial charge in [-0.05, 0) is 37.3 Å². The van der Waals surface area contributed by atoms with Crippen molar-refractivity contribution in [2.24, 2.45) is 0 Å². The maximum Gasteiger partial charge on any atom is 0.344 e. The fraction of sp³-hybridized carbons (Fsp3) is 0.208. The lowest BCUT2D eigenvalue weighted by atomic mass is 10.2. The van der Waals surface area contributed by atoms with Gasteiger partial charge in [0.2, 0.25) is 12.7 Å². The molecule has 178 valence electrons. The topological polar surface area (TPSA) is 116 Å². The number of rotatable bonds is 7. The smallest absolute Gasteiger partial charge is 0.344 e. The number of nitrogens with zero attached hydrogens (tertiary/aromatic N) is 1. The predicted molar refractivity (Wildman–Crippen MR) is 119 cm³/mol. The van der Waals surface area contributed by atoms with Crippen LogP contribution in [-0.4, -0.2) is 42.0 Å². The standard InChI is InChI=1S/C17H17FN2O5.C7H6O2/c1-10(17(22)23)25-12-6-5-11(14(18)8-12)9-20-15(21)13-4-3-7-19-16(13)24-2;1-2-4-7-6(3-1)8-5-9-7/h3-8,10H,9H2,1-2H3,(H,20,21)(H,22,23);1-4H,5H2. The van der Waals surface area contributed by atoms with Gasteiger partial charge in [-0.15, -0.1) is 0 Å². The molecule has 1 amide bonds. The Bertz CT molecular complexity index is 1130. The van der Waals surface area contributed by atoms with E-state index in [2.05, 4.69) is 10.3 Å². The average molecular weight is 470 g/mol. The van der Waals surface area contributed by atoms with Crippen molar-refractivity contribution in [3.05, 3.63) is 77.7 Å². The van der Waals surface area contributed by atoms with E-state index in [0.29, 0.717) is 6.79 Å². The number of carbonyl (C=O) groups excluding carboxylic acids is 1. The zero-order valence-electron chi connectivity index (χ0n) is 18.5. The number of carboxylic acid groups (broad SMARTS) is 1. The van der Waals surface area contributed by atoms with Gasteiger partial charge in [0.1, 0.15) is 17.1 Å². The van der Waals surface area contributed by atoms with E-state index in [4.69, 9.17) is 24.1 Å². The number of pyridine rings is 1. The molecule has 1 aromatic heterocycles. The summed E-state index contributed by atoms with van der Waals surface area (Å²) in [6, 6.07) is 14.7. The third-order valence-electron chi connectivity index (χ3n) is 4.61. The third-order valence-corrected chi connectivity index (χ3v) is 4.61. The number of para-hydroxylation sites is 2. The largest absolute Gasteiger partial charge is 0.480 e. The van der Waals surface area contributed by atoms with Gasteiger partial charge in [-0.3, -0.25) is 4.79 Å². The molecule has 9 nitrogen and oxygen atoms in total. The van der Waals surface area contributed by atoms with E-state index in [-0.39, 0.29) is 29.3 Å². The van der Waals surface area contributed by atoms with Crippen molar-refractivity contribution in [3.63, 3.8) is 0 Å². The van der Waals surface area contributed by atoms with Gasteiger partial charge in [0.25, 0.3) is 5.91 Å². The summed E-state index contributed by atoms with van der Waals surface area (Å²) in [4.78, 5) is 26.8. The molecule has 1 unspecified atom stereocenters. The molecule has 1 aliphatic rings. The summed E-state index contributed by atoms with van der Waals surface area (Å²) in [5.74, 6) is -0.266. The molecule has 0 fully saturated rings.